The van der Waals surface area contributed by atoms with Gasteiger partial charge in [-0.3, -0.25) is 10.1 Å². The number of amides is 1. The first-order valence-electron chi connectivity index (χ1n) is 9.54. The van der Waals surface area contributed by atoms with Gasteiger partial charge < -0.3 is 9.15 Å². The normalized spacial score (nSPS) is 11.7. The van der Waals surface area contributed by atoms with Crippen molar-refractivity contribution in [2.24, 2.45) is 0 Å². The van der Waals surface area contributed by atoms with Gasteiger partial charge in [-0.05, 0) is 38.0 Å². The number of hydrogen-bond acceptors (Lipinski definition) is 5. The maximum absolute atomic E-state index is 12.5. The molecule has 0 aliphatic heterocycles. The van der Waals surface area contributed by atoms with Crippen molar-refractivity contribution in [1.29, 1.82) is 0 Å². The SMILES string of the molecule is COc1c(/C(C)=C/C(=O)Nc2nc(C)cs2)cc2c(-c3ccccc3)coc2c1C. The number of thiazole rings is 1. The van der Waals surface area contributed by atoms with Gasteiger partial charge in [0.25, 0.3) is 0 Å². The average Bonchev–Trinajstić information content (AvgIpc) is 3.34. The van der Waals surface area contributed by atoms with E-state index in [9.17, 15) is 4.79 Å². The second kappa shape index (κ2) is 8.16. The minimum absolute atomic E-state index is 0.225. The zero-order valence-corrected chi connectivity index (χ0v) is 18.1. The summed E-state index contributed by atoms with van der Waals surface area (Å²) >= 11 is 1.40. The molecule has 2 heterocycles. The van der Waals surface area contributed by atoms with Gasteiger partial charge in [0.05, 0.1) is 19.1 Å². The maximum Gasteiger partial charge on any atom is 0.250 e. The van der Waals surface area contributed by atoms with E-state index in [-0.39, 0.29) is 5.91 Å². The fraction of sp³-hybridized carbons (Fsp3) is 0.167. The number of fused-ring (bicyclic) bond motifs is 1. The Labute approximate surface area is 179 Å². The van der Waals surface area contributed by atoms with Crippen LogP contribution in [0.4, 0.5) is 5.13 Å². The van der Waals surface area contributed by atoms with Crippen LogP contribution >= 0.6 is 11.3 Å². The van der Waals surface area contributed by atoms with Crippen LogP contribution in [0.5, 0.6) is 5.75 Å². The number of nitrogens with zero attached hydrogens (tertiary/aromatic N) is 1. The molecule has 0 fully saturated rings. The monoisotopic (exact) mass is 418 g/mol. The quantitative estimate of drug-likeness (QED) is 0.391. The van der Waals surface area contributed by atoms with E-state index in [0.717, 1.165) is 44.5 Å². The third kappa shape index (κ3) is 3.74. The van der Waals surface area contributed by atoms with E-state index in [1.807, 2.05) is 50.4 Å². The van der Waals surface area contributed by atoms with Gasteiger partial charge in [-0.25, -0.2) is 4.98 Å². The van der Waals surface area contributed by atoms with Crippen molar-refractivity contribution in [3.05, 3.63) is 70.9 Å². The first-order chi connectivity index (χ1) is 14.5. The van der Waals surface area contributed by atoms with Crippen LogP contribution in [0.2, 0.25) is 0 Å². The van der Waals surface area contributed by atoms with Gasteiger partial charge >= 0.3 is 0 Å². The van der Waals surface area contributed by atoms with Crippen LogP contribution < -0.4 is 10.1 Å². The molecule has 0 spiro atoms. The number of carbonyl (C=O) groups excluding carboxylic acids is 1. The number of aryl methyl sites for hydroxylation is 2. The number of allylic oxidation sites excluding steroid dienone is 1. The lowest BCUT2D eigenvalue weighted by Crippen LogP contribution is -2.08. The highest BCUT2D eigenvalue weighted by Gasteiger charge is 2.18. The van der Waals surface area contributed by atoms with E-state index in [1.54, 1.807) is 19.4 Å². The van der Waals surface area contributed by atoms with Gasteiger partial charge in [-0.15, -0.1) is 11.3 Å². The van der Waals surface area contributed by atoms with Gasteiger partial charge in [0.2, 0.25) is 5.91 Å². The van der Waals surface area contributed by atoms with Crippen LogP contribution in [0.25, 0.3) is 27.7 Å². The number of methoxy groups -OCH3 is 1. The Balaban J connectivity index is 1.77. The van der Waals surface area contributed by atoms with Gasteiger partial charge in [0.15, 0.2) is 5.13 Å². The summed E-state index contributed by atoms with van der Waals surface area (Å²) in [6, 6.07) is 12.1. The second-order valence-corrected chi connectivity index (χ2v) is 7.94. The summed E-state index contributed by atoms with van der Waals surface area (Å²) in [5.74, 6) is 0.472. The Morgan fingerprint density at radius 1 is 1.23 bits per heavy atom. The summed E-state index contributed by atoms with van der Waals surface area (Å²) in [6.07, 6.45) is 3.34. The largest absolute Gasteiger partial charge is 0.496 e. The van der Waals surface area contributed by atoms with Gasteiger partial charge in [0.1, 0.15) is 11.3 Å². The van der Waals surface area contributed by atoms with Gasteiger partial charge in [-0.2, -0.15) is 0 Å². The molecule has 0 saturated heterocycles. The molecule has 152 valence electrons. The molecule has 0 aliphatic rings. The van der Waals surface area contributed by atoms with Crippen molar-refractivity contribution < 1.29 is 13.9 Å². The highest BCUT2D eigenvalue weighted by molar-refractivity contribution is 7.13. The number of rotatable bonds is 5. The third-order valence-electron chi connectivity index (χ3n) is 4.95. The minimum atomic E-state index is -0.225. The van der Waals surface area contributed by atoms with Gasteiger partial charge in [0, 0.05) is 33.5 Å². The van der Waals surface area contributed by atoms with Crippen molar-refractivity contribution in [2.45, 2.75) is 20.8 Å². The molecule has 0 saturated carbocycles. The van der Waals surface area contributed by atoms with Crippen molar-refractivity contribution in [2.75, 3.05) is 12.4 Å². The van der Waals surface area contributed by atoms with Crippen molar-refractivity contribution in [3.8, 4) is 16.9 Å². The molecule has 1 N–H and O–H groups in total. The highest BCUT2D eigenvalue weighted by atomic mass is 32.1. The molecule has 0 atom stereocenters. The molecule has 4 aromatic rings. The number of hydrogen-bond donors (Lipinski definition) is 1. The van der Waals surface area contributed by atoms with Crippen LogP contribution in [0, 0.1) is 13.8 Å². The van der Waals surface area contributed by atoms with Crippen LogP contribution in [0.15, 0.2) is 58.5 Å². The zero-order chi connectivity index (χ0) is 21.3. The second-order valence-electron chi connectivity index (χ2n) is 7.09. The van der Waals surface area contributed by atoms with Crippen LogP contribution in [0.3, 0.4) is 0 Å². The smallest absolute Gasteiger partial charge is 0.250 e. The number of nitrogens with one attached hydrogen (secondary N) is 1. The lowest BCUT2D eigenvalue weighted by molar-refractivity contribution is -0.111. The van der Waals surface area contributed by atoms with Crippen molar-refractivity contribution in [1.82, 2.24) is 4.98 Å². The Morgan fingerprint density at radius 3 is 2.67 bits per heavy atom. The predicted octanol–water partition coefficient (Wildman–Crippen LogP) is 6.22. The summed E-state index contributed by atoms with van der Waals surface area (Å²) in [5, 5.41) is 6.29. The summed E-state index contributed by atoms with van der Waals surface area (Å²) in [7, 11) is 1.63. The molecule has 6 heteroatoms. The Morgan fingerprint density at radius 2 is 2.00 bits per heavy atom. The van der Waals surface area contributed by atoms with E-state index < -0.39 is 0 Å². The summed E-state index contributed by atoms with van der Waals surface area (Å²) in [6.45, 7) is 5.76. The molecule has 0 radical (unpaired) electrons. The Bertz CT molecular complexity index is 1250. The molecule has 0 unspecified atom stereocenters. The highest BCUT2D eigenvalue weighted by Crippen LogP contribution is 2.40. The van der Waals surface area contributed by atoms with E-state index >= 15 is 0 Å². The molecule has 1 amide bonds. The van der Waals surface area contributed by atoms with Crippen molar-refractivity contribution in [3.63, 3.8) is 0 Å². The van der Waals surface area contributed by atoms with E-state index in [1.165, 1.54) is 11.3 Å². The minimum Gasteiger partial charge on any atom is -0.496 e. The molecule has 0 aliphatic carbocycles. The van der Waals surface area contributed by atoms with Gasteiger partial charge in [-0.1, -0.05) is 30.3 Å². The fourth-order valence-electron chi connectivity index (χ4n) is 3.54. The third-order valence-corrected chi connectivity index (χ3v) is 5.83. The number of benzene rings is 2. The summed E-state index contributed by atoms with van der Waals surface area (Å²) < 4.78 is 11.6. The van der Waals surface area contributed by atoms with Crippen molar-refractivity contribution >= 4 is 38.9 Å². The number of ether oxygens (including phenoxy) is 1. The predicted molar refractivity (Wildman–Crippen MR) is 122 cm³/mol. The molecule has 2 aromatic carbocycles. The lowest BCUT2D eigenvalue weighted by atomic mass is 9.96. The van der Waals surface area contributed by atoms with E-state index in [2.05, 4.69) is 22.4 Å². The van der Waals surface area contributed by atoms with E-state index in [0.29, 0.717) is 10.9 Å². The Kier molecular flexibility index (Phi) is 5.42. The summed E-state index contributed by atoms with van der Waals surface area (Å²) in [5.41, 5.74) is 6.29. The van der Waals surface area contributed by atoms with Crippen LogP contribution in [-0.4, -0.2) is 18.0 Å². The molecule has 30 heavy (non-hydrogen) atoms. The molecule has 4 rings (SSSR count). The summed E-state index contributed by atoms with van der Waals surface area (Å²) in [4.78, 5) is 16.8. The molecular weight excluding hydrogens is 396 g/mol. The van der Waals surface area contributed by atoms with Crippen LogP contribution in [-0.2, 0) is 4.79 Å². The number of carbonyl (C=O) groups is 1. The van der Waals surface area contributed by atoms with E-state index in [4.69, 9.17) is 9.15 Å². The standard InChI is InChI=1S/C24H22N2O3S/c1-14(10-21(27)26-24-25-15(2)13-30-24)18-11-19-20(17-8-6-5-7-9-17)12-29-23(19)16(3)22(18)28-4/h5-13H,1-4H3,(H,25,26,27)/b14-10+. The molecule has 2 aromatic heterocycles. The first-order valence-corrected chi connectivity index (χ1v) is 10.4. The molecule has 5 nitrogen and oxygen atoms in total. The van der Waals surface area contributed by atoms with Crippen LogP contribution in [0.1, 0.15) is 23.7 Å². The topological polar surface area (TPSA) is 64.4 Å². The molecular formula is C24H22N2O3S. The maximum atomic E-state index is 12.5. The number of anilines is 1. The lowest BCUT2D eigenvalue weighted by Gasteiger charge is -2.13. The number of aromatic nitrogens is 1. The number of furan rings is 1. The average molecular weight is 419 g/mol. The molecule has 0 bridgehead atoms. The Hall–Kier alpha value is -3.38. The first kappa shape index (κ1) is 19.9. The zero-order valence-electron chi connectivity index (χ0n) is 17.3. The fourth-order valence-corrected chi connectivity index (χ4v) is 4.23.